The van der Waals surface area contributed by atoms with Gasteiger partial charge in [-0.2, -0.15) is 10.2 Å². The Morgan fingerprint density at radius 1 is 1.10 bits per heavy atom. The van der Waals surface area contributed by atoms with E-state index in [1.807, 2.05) is 24.3 Å². The summed E-state index contributed by atoms with van der Waals surface area (Å²) in [7, 11) is 0. The van der Waals surface area contributed by atoms with Crippen LogP contribution in [0.3, 0.4) is 0 Å². The van der Waals surface area contributed by atoms with Crippen LogP contribution in [-0.4, -0.2) is 31.8 Å². The summed E-state index contributed by atoms with van der Waals surface area (Å²) in [5, 5.41) is 8.42. The molecule has 1 amide bonds. The van der Waals surface area contributed by atoms with Crippen LogP contribution in [0.25, 0.3) is 16.8 Å². The van der Waals surface area contributed by atoms with E-state index in [-0.39, 0.29) is 18.3 Å². The Kier molecular flexibility index (Phi) is 3.97. The van der Waals surface area contributed by atoms with Crippen LogP contribution < -0.4 is 10.5 Å². The number of rotatable bonds is 3. The van der Waals surface area contributed by atoms with Gasteiger partial charge in [-0.1, -0.05) is 18.2 Å². The lowest BCUT2D eigenvalue weighted by Crippen LogP contribution is -2.36. The Labute approximate surface area is 164 Å². The van der Waals surface area contributed by atoms with Crippen molar-refractivity contribution >= 4 is 17.1 Å². The van der Waals surface area contributed by atoms with Crippen LogP contribution in [-0.2, 0) is 17.8 Å². The number of anilines is 1. The van der Waals surface area contributed by atoms with Crippen LogP contribution in [0.5, 0.6) is 0 Å². The summed E-state index contributed by atoms with van der Waals surface area (Å²) in [6.45, 7) is 0.442. The number of nitrogens with zero attached hydrogens (tertiary/aromatic N) is 5. The highest BCUT2D eigenvalue weighted by Crippen LogP contribution is 2.27. The predicted octanol–water partition coefficient (Wildman–Crippen LogP) is 2.29. The molecule has 1 aliphatic rings. The SMILES string of the molecule is O=C(Cn1ncn2nc(-c3ccc(F)cc3)cc2c1=O)N1CCc2ccccc21. The molecule has 7 nitrogen and oxygen atoms in total. The highest BCUT2D eigenvalue weighted by atomic mass is 19.1. The molecule has 0 saturated carbocycles. The van der Waals surface area contributed by atoms with E-state index < -0.39 is 5.56 Å². The summed E-state index contributed by atoms with van der Waals surface area (Å²) in [4.78, 5) is 27.3. The molecule has 0 atom stereocenters. The largest absolute Gasteiger partial charge is 0.310 e. The molecular weight excluding hydrogens is 373 g/mol. The second-order valence-corrected chi connectivity index (χ2v) is 6.88. The summed E-state index contributed by atoms with van der Waals surface area (Å²) in [5.41, 5.74) is 3.11. The lowest BCUT2D eigenvalue weighted by atomic mass is 10.1. The zero-order valence-electron chi connectivity index (χ0n) is 15.3. The van der Waals surface area contributed by atoms with Crippen LogP contribution in [0.4, 0.5) is 10.1 Å². The number of para-hydroxylation sites is 1. The summed E-state index contributed by atoms with van der Waals surface area (Å²) in [6.07, 6.45) is 2.20. The highest BCUT2D eigenvalue weighted by Gasteiger charge is 2.25. The van der Waals surface area contributed by atoms with Gasteiger partial charge in [-0.25, -0.2) is 13.6 Å². The summed E-state index contributed by atoms with van der Waals surface area (Å²) in [6, 6.07) is 15.2. The highest BCUT2D eigenvalue weighted by molar-refractivity contribution is 5.95. The van der Waals surface area contributed by atoms with Gasteiger partial charge in [-0.05, 0) is 48.4 Å². The minimum Gasteiger partial charge on any atom is -0.310 e. The van der Waals surface area contributed by atoms with E-state index in [9.17, 15) is 14.0 Å². The van der Waals surface area contributed by atoms with Crippen LogP contribution in [0, 0.1) is 5.82 Å². The topological polar surface area (TPSA) is 72.5 Å². The van der Waals surface area contributed by atoms with Crippen molar-refractivity contribution in [3.8, 4) is 11.3 Å². The first-order valence-corrected chi connectivity index (χ1v) is 9.20. The molecule has 0 bridgehead atoms. The van der Waals surface area contributed by atoms with Gasteiger partial charge in [0.25, 0.3) is 5.56 Å². The summed E-state index contributed by atoms with van der Waals surface area (Å²) < 4.78 is 15.7. The van der Waals surface area contributed by atoms with Crippen molar-refractivity contribution in [3.63, 3.8) is 0 Å². The molecule has 8 heteroatoms. The quantitative estimate of drug-likeness (QED) is 0.539. The Morgan fingerprint density at radius 2 is 1.90 bits per heavy atom. The van der Waals surface area contributed by atoms with Crippen molar-refractivity contribution in [2.45, 2.75) is 13.0 Å². The molecule has 0 aliphatic carbocycles. The maximum absolute atomic E-state index is 13.1. The fraction of sp³-hybridized carbons (Fsp3) is 0.143. The van der Waals surface area contributed by atoms with Crippen LogP contribution >= 0.6 is 0 Å². The molecule has 0 unspecified atom stereocenters. The number of benzene rings is 2. The molecule has 4 aromatic rings. The lowest BCUT2D eigenvalue weighted by Gasteiger charge is -2.17. The third-order valence-corrected chi connectivity index (χ3v) is 5.10. The van der Waals surface area contributed by atoms with Gasteiger partial charge in [0.15, 0.2) is 0 Å². The van der Waals surface area contributed by atoms with Gasteiger partial charge in [0.2, 0.25) is 5.91 Å². The number of amides is 1. The monoisotopic (exact) mass is 389 g/mol. The maximum Gasteiger partial charge on any atom is 0.293 e. The molecule has 0 saturated heterocycles. The number of carbonyl (C=O) groups excluding carboxylic acids is 1. The molecule has 29 heavy (non-hydrogen) atoms. The molecular formula is C21H16FN5O2. The number of hydrogen-bond acceptors (Lipinski definition) is 4. The molecule has 2 aromatic carbocycles. The smallest absolute Gasteiger partial charge is 0.293 e. The minimum absolute atomic E-state index is 0.152. The van der Waals surface area contributed by atoms with Crippen LogP contribution in [0.15, 0.2) is 65.7 Å². The molecule has 2 aromatic heterocycles. The van der Waals surface area contributed by atoms with Crippen LogP contribution in [0.1, 0.15) is 5.56 Å². The second kappa shape index (κ2) is 6.66. The number of hydrogen-bond donors (Lipinski definition) is 0. The minimum atomic E-state index is -0.408. The fourth-order valence-corrected chi connectivity index (χ4v) is 3.62. The third-order valence-electron chi connectivity index (χ3n) is 5.10. The van der Waals surface area contributed by atoms with Gasteiger partial charge in [0.05, 0.1) is 5.69 Å². The first kappa shape index (κ1) is 17.3. The van der Waals surface area contributed by atoms with E-state index in [1.54, 1.807) is 23.1 Å². The van der Waals surface area contributed by atoms with Gasteiger partial charge in [-0.3, -0.25) is 9.59 Å². The van der Waals surface area contributed by atoms with Crippen molar-refractivity contribution < 1.29 is 9.18 Å². The van der Waals surface area contributed by atoms with Crippen molar-refractivity contribution in [2.24, 2.45) is 0 Å². The van der Waals surface area contributed by atoms with Crippen molar-refractivity contribution in [2.75, 3.05) is 11.4 Å². The van der Waals surface area contributed by atoms with E-state index in [2.05, 4.69) is 10.2 Å². The molecule has 144 valence electrons. The standard InChI is InChI=1S/C21H16FN5O2/c22-16-7-5-14(6-8-16)17-11-19-21(29)26(23-13-27(19)24-17)12-20(28)25-10-9-15-3-1-2-4-18(15)25/h1-8,11,13H,9-10,12H2. The fourth-order valence-electron chi connectivity index (χ4n) is 3.62. The van der Waals surface area contributed by atoms with Gasteiger partial charge < -0.3 is 4.90 Å². The van der Waals surface area contributed by atoms with E-state index in [1.165, 1.54) is 23.0 Å². The Hall–Kier alpha value is -3.81. The zero-order chi connectivity index (χ0) is 20.0. The summed E-state index contributed by atoms with van der Waals surface area (Å²) in [5.74, 6) is -0.532. The van der Waals surface area contributed by atoms with Crippen molar-refractivity contribution in [1.82, 2.24) is 19.4 Å². The molecule has 0 fully saturated rings. The van der Waals surface area contributed by atoms with E-state index in [4.69, 9.17) is 0 Å². The van der Waals surface area contributed by atoms with Gasteiger partial charge in [-0.15, -0.1) is 0 Å². The Bertz CT molecular complexity index is 1290. The predicted molar refractivity (Wildman–Crippen MR) is 105 cm³/mol. The lowest BCUT2D eigenvalue weighted by molar-refractivity contribution is -0.119. The average Bonchev–Trinajstić information content (AvgIpc) is 3.35. The molecule has 0 N–H and O–H groups in total. The third kappa shape index (κ3) is 2.98. The summed E-state index contributed by atoms with van der Waals surface area (Å²) >= 11 is 0. The van der Waals surface area contributed by atoms with E-state index in [0.717, 1.165) is 22.4 Å². The average molecular weight is 389 g/mol. The molecule has 1 aliphatic heterocycles. The molecule has 0 spiro atoms. The van der Waals surface area contributed by atoms with Crippen molar-refractivity contribution in [3.05, 3.63) is 82.7 Å². The normalized spacial score (nSPS) is 13.1. The number of aromatic nitrogens is 4. The number of carbonyl (C=O) groups is 1. The molecule has 3 heterocycles. The van der Waals surface area contributed by atoms with Crippen LogP contribution in [0.2, 0.25) is 0 Å². The van der Waals surface area contributed by atoms with Crippen molar-refractivity contribution in [1.29, 1.82) is 0 Å². The van der Waals surface area contributed by atoms with Gasteiger partial charge in [0.1, 0.15) is 24.2 Å². The number of fused-ring (bicyclic) bond motifs is 2. The molecule has 5 rings (SSSR count). The Morgan fingerprint density at radius 3 is 2.72 bits per heavy atom. The number of halogens is 1. The maximum atomic E-state index is 13.1. The molecule has 0 radical (unpaired) electrons. The van der Waals surface area contributed by atoms with E-state index in [0.29, 0.717) is 23.3 Å². The van der Waals surface area contributed by atoms with Gasteiger partial charge >= 0.3 is 0 Å². The van der Waals surface area contributed by atoms with E-state index >= 15 is 0 Å². The second-order valence-electron chi connectivity index (χ2n) is 6.88. The Balaban J connectivity index is 1.45. The zero-order valence-corrected chi connectivity index (χ0v) is 15.3. The van der Waals surface area contributed by atoms with Gasteiger partial charge in [0, 0.05) is 17.8 Å². The first-order chi connectivity index (χ1) is 14.1. The first-order valence-electron chi connectivity index (χ1n) is 9.20.